The Kier molecular flexibility index (Phi) is 6.68. The molecule has 2 N–H and O–H groups in total. The highest BCUT2D eigenvalue weighted by atomic mass is 32.2. The number of ether oxygens (including phenoxy) is 1. The Balaban J connectivity index is 2.24. The zero-order valence-electron chi connectivity index (χ0n) is 15.1. The van der Waals surface area contributed by atoms with E-state index >= 15 is 0 Å². The molecule has 10 heteroatoms. The van der Waals surface area contributed by atoms with Crippen LogP contribution in [0, 0.1) is 0 Å². The Morgan fingerprint density at radius 3 is 2.46 bits per heavy atom. The van der Waals surface area contributed by atoms with E-state index < -0.39 is 27.7 Å². The molecule has 1 atom stereocenters. The third kappa shape index (κ3) is 5.70. The molecule has 2 aromatic carbocycles. The Labute approximate surface area is 160 Å². The standard InChI is InChI=1S/C18H19F3N2O4S/c1-12(11-27-2)22-17(24)13-5-3-8-16(9-13)28(25,26)23-15-7-4-6-14(10-15)18(19,20)21/h3-10,12,23H,11H2,1-2H3,(H,22,24)/t12-/m0/s1. The molecule has 0 aliphatic carbocycles. The number of alkyl halides is 3. The fraction of sp³-hybridized carbons (Fsp3) is 0.278. The van der Waals surface area contributed by atoms with Gasteiger partial charge in [-0.3, -0.25) is 9.52 Å². The van der Waals surface area contributed by atoms with Gasteiger partial charge in [-0.2, -0.15) is 13.2 Å². The summed E-state index contributed by atoms with van der Waals surface area (Å²) in [6, 6.07) is 8.73. The summed E-state index contributed by atoms with van der Waals surface area (Å²) in [4.78, 5) is 12.0. The fourth-order valence-corrected chi connectivity index (χ4v) is 3.47. The Bertz CT molecular complexity index is 946. The largest absolute Gasteiger partial charge is 0.416 e. The van der Waals surface area contributed by atoms with E-state index in [2.05, 4.69) is 10.0 Å². The molecule has 0 saturated carbocycles. The molecular formula is C18H19F3N2O4S. The molecule has 0 fully saturated rings. The van der Waals surface area contributed by atoms with E-state index in [4.69, 9.17) is 4.74 Å². The highest BCUT2D eigenvalue weighted by molar-refractivity contribution is 7.92. The minimum Gasteiger partial charge on any atom is -0.383 e. The summed E-state index contributed by atoms with van der Waals surface area (Å²) < 4.78 is 70.4. The van der Waals surface area contributed by atoms with Crippen LogP contribution in [0.25, 0.3) is 0 Å². The lowest BCUT2D eigenvalue weighted by atomic mass is 10.2. The third-order valence-corrected chi connectivity index (χ3v) is 5.02. The first-order valence-corrected chi connectivity index (χ1v) is 9.61. The minimum atomic E-state index is -4.60. The van der Waals surface area contributed by atoms with Crippen LogP contribution < -0.4 is 10.0 Å². The normalized spacial score (nSPS) is 13.0. The number of carbonyl (C=O) groups is 1. The second kappa shape index (κ2) is 8.61. The molecule has 6 nitrogen and oxygen atoms in total. The van der Waals surface area contributed by atoms with Gasteiger partial charge < -0.3 is 10.1 Å². The fourth-order valence-electron chi connectivity index (χ4n) is 2.38. The van der Waals surface area contributed by atoms with Gasteiger partial charge in [-0.25, -0.2) is 8.42 Å². The van der Waals surface area contributed by atoms with Crippen molar-refractivity contribution in [2.45, 2.75) is 24.0 Å². The number of amides is 1. The van der Waals surface area contributed by atoms with Crippen molar-refractivity contribution in [3.05, 3.63) is 59.7 Å². The zero-order chi connectivity index (χ0) is 20.9. The maximum atomic E-state index is 12.8. The van der Waals surface area contributed by atoms with Crippen LogP contribution in [0.5, 0.6) is 0 Å². The number of hydrogen-bond donors (Lipinski definition) is 2. The Morgan fingerprint density at radius 1 is 1.14 bits per heavy atom. The SMILES string of the molecule is COC[C@H](C)NC(=O)c1cccc(S(=O)(=O)Nc2cccc(C(F)(F)F)c2)c1. The van der Waals surface area contributed by atoms with Crippen molar-refractivity contribution in [1.82, 2.24) is 5.32 Å². The Morgan fingerprint density at radius 2 is 1.82 bits per heavy atom. The molecule has 0 heterocycles. The van der Waals surface area contributed by atoms with E-state index in [1.807, 2.05) is 0 Å². The number of nitrogens with one attached hydrogen (secondary N) is 2. The van der Waals surface area contributed by atoms with Gasteiger partial charge in [0.2, 0.25) is 0 Å². The summed E-state index contributed by atoms with van der Waals surface area (Å²) >= 11 is 0. The first-order chi connectivity index (χ1) is 13.0. The Hall–Kier alpha value is -2.59. The predicted molar refractivity (Wildman–Crippen MR) is 97.5 cm³/mol. The van der Waals surface area contributed by atoms with Crippen molar-refractivity contribution in [3.8, 4) is 0 Å². The molecule has 152 valence electrons. The average molecular weight is 416 g/mol. The summed E-state index contributed by atoms with van der Waals surface area (Å²) in [6.45, 7) is 2.00. The van der Waals surface area contributed by atoms with E-state index in [1.54, 1.807) is 6.92 Å². The monoisotopic (exact) mass is 416 g/mol. The zero-order valence-corrected chi connectivity index (χ0v) is 15.9. The topological polar surface area (TPSA) is 84.5 Å². The van der Waals surface area contributed by atoms with Gasteiger partial charge in [-0.1, -0.05) is 12.1 Å². The molecule has 28 heavy (non-hydrogen) atoms. The number of anilines is 1. The second-order valence-electron chi connectivity index (χ2n) is 6.04. The third-order valence-electron chi connectivity index (χ3n) is 3.64. The molecule has 0 aliphatic rings. The first-order valence-electron chi connectivity index (χ1n) is 8.13. The maximum Gasteiger partial charge on any atom is 0.416 e. The van der Waals surface area contributed by atoms with Crippen molar-refractivity contribution in [2.75, 3.05) is 18.4 Å². The molecule has 0 aromatic heterocycles. The van der Waals surface area contributed by atoms with Crippen LogP contribution in [0.4, 0.5) is 18.9 Å². The maximum absolute atomic E-state index is 12.8. The lowest BCUT2D eigenvalue weighted by Gasteiger charge is -2.14. The lowest BCUT2D eigenvalue weighted by molar-refractivity contribution is -0.137. The van der Waals surface area contributed by atoms with Crippen molar-refractivity contribution in [1.29, 1.82) is 0 Å². The highest BCUT2D eigenvalue weighted by Crippen LogP contribution is 2.31. The predicted octanol–water partition coefficient (Wildman–Crippen LogP) is 3.27. The molecule has 0 saturated heterocycles. The van der Waals surface area contributed by atoms with E-state index in [0.29, 0.717) is 6.07 Å². The first kappa shape index (κ1) is 21.7. The highest BCUT2D eigenvalue weighted by Gasteiger charge is 2.30. The van der Waals surface area contributed by atoms with Gasteiger partial charge in [0.25, 0.3) is 15.9 Å². The summed E-state index contributed by atoms with van der Waals surface area (Å²) in [5.74, 6) is -0.499. The van der Waals surface area contributed by atoms with Gasteiger partial charge in [-0.15, -0.1) is 0 Å². The van der Waals surface area contributed by atoms with Gasteiger partial charge in [-0.05, 0) is 43.3 Å². The lowest BCUT2D eigenvalue weighted by Crippen LogP contribution is -2.35. The summed E-state index contributed by atoms with van der Waals surface area (Å²) in [6.07, 6.45) is -4.60. The van der Waals surface area contributed by atoms with Gasteiger partial charge in [0.15, 0.2) is 0 Å². The molecule has 0 unspecified atom stereocenters. The minimum absolute atomic E-state index is 0.0925. The van der Waals surface area contributed by atoms with Crippen molar-refractivity contribution >= 4 is 21.6 Å². The molecule has 1 amide bonds. The summed E-state index contributed by atoms with van der Waals surface area (Å²) in [5.41, 5.74) is -1.12. The number of benzene rings is 2. The smallest absolute Gasteiger partial charge is 0.383 e. The summed E-state index contributed by atoms with van der Waals surface area (Å²) in [5, 5.41) is 2.65. The molecule has 2 aromatic rings. The van der Waals surface area contributed by atoms with Gasteiger partial charge in [0.05, 0.1) is 17.1 Å². The number of carbonyl (C=O) groups excluding carboxylic acids is 1. The number of hydrogen-bond acceptors (Lipinski definition) is 4. The number of rotatable bonds is 7. The molecule has 0 radical (unpaired) electrons. The molecule has 0 bridgehead atoms. The van der Waals surface area contributed by atoms with E-state index in [1.165, 1.54) is 31.4 Å². The molecule has 0 aliphatic heterocycles. The van der Waals surface area contributed by atoms with E-state index in [0.717, 1.165) is 18.2 Å². The van der Waals surface area contributed by atoms with E-state index in [9.17, 15) is 26.4 Å². The van der Waals surface area contributed by atoms with Crippen LogP contribution in [0.1, 0.15) is 22.8 Å². The van der Waals surface area contributed by atoms with Crippen molar-refractivity contribution in [2.24, 2.45) is 0 Å². The second-order valence-corrected chi connectivity index (χ2v) is 7.72. The average Bonchev–Trinajstić information content (AvgIpc) is 2.61. The van der Waals surface area contributed by atoms with Gasteiger partial charge in [0.1, 0.15) is 0 Å². The van der Waals surface area contributed by atoms with Gasteiger partial charge >= 0.3 is 6.18 Å². The van der Waals surface area contributed by atoms with Crippen molar-refractivity contribution in [3.63, 3.8) is 0 Å². The van der Waals surface area contributed by atoms with Crippen LogP contribution in [-0.2, 0) is 20.9 Å². The molecule has 0 spiro atoms. The van der Waals surface area contributed by atoms with Crippen LogP contribution in [0.2, 0.25) is 0 Å². The number of sulfonamides is 1. The van der Waals surface area contributed by atoms with Gasteiger partial charge in [0, 0.05) is 24.4 Å². The van der Waals surface area contributed by atoms with Crippen LogP contribution in [0.3, 0.4) is 0 Å². The summed E-state index contributed by atoms with van der Waals surface area (Å²) in [7, 11) is -2.71. The number of methoxy groups -OCH3 is 1. The van der Waals surface area contributed by atoms with Crippen LogP contribution >= 0.6 is 0 Å². The number of halogens is 3. The van der Waals surface area contributed by atoms with E-state index in [-0.39, 0.29) is 28.8 Å². The van der Waals surface area contributed by atoms with Crippen molar-refractivity contribution < 1.29 is 31.1 Å². The molecular weight excluding hydrogens is 397 g/mol. The quantitative estimate of drug-likeness (QED) is 0.726. The molecule has 2 rings (SSSR count). The van der Waals surface area contributed by atoms with Crippen LogP contribution in [0.15, 0.2) is 53.4 Å². The van der Waals surface area contributed by atoms with Crippen LogP contribution in [-0.4, -0.2) is 34.1 Å².